The topological polar surface area (TPSA) is 123 Å². The van der Waals surface area contributed by atoms with Crippen LogP contribution < -0.4 is 10.6 Å². The van der Waals surface area contributed by atoms with E-state index < -0.39 is 29.8 Å². The second-order valence-electron chi connectivity index (χ2n) is 10.8. The Kier molecular flexibility index (Phi) is 8.56. The number of carbonyl (C=O) groups is 3. The lowest BCUT2D eigenvalue weighted by Gasteiger charge is -2.30. The molecule has 0 bridgehead atoms. The zero-order valence-corrected chi connectivity index (χ0v) is 22.1. The predicted octanol–water partition coefficient (Wildman–Crippen LogP) is 4.83. The fourth-order valence-corrected chi connectivity index (χ4v) is 5.04. The van der Waals surface area contributed by atoms with Gasteiger partial charge >= 0.3 is 18.2 Å². The summed E-state index contributed by atoms with van der Waals surface area (Å²) in [5, 5.41) is 14.9. The first-order chi connectivity index (χ1) is 18.1. The van der Waals surface area contributed by atoms with Crippen molar-refractivity contribution in [2.24, 2.45) is 0 Å². The van der Waals surface area contributed by atoms with Gasteiger partial charge in [-0.25, -0.2) is 14.4 Å². The Labute approximate surface area is 222 Å². The van der Waals surface area contributed by atoms with Crippen molar-refractivity contribution >= 4 is 18.2 Å². The highest BCUT2D eigenvalue weighted by atomic mass is 16.6. The fraction of sp³-hybridized carbons (Fsp3) is 0.483. The van der Waals surface area contributed by atoms with Crippen LogP contribution in [0.4, 0.5) is 9.59 Å². The quantitative estimate of drug-likeness (QED) is 0.452. The minimum Gasteiger partial charge on any atom is -0.480 e. The maximum absolute atomic E-state index is 12.5. The molecule has 0 spiro atoms. The van der Waals surface area contributed by atoms with Gasteiger partial charge < -0.3 is 30.0 Å². The van der Waals surface area contributed by atoms with Crippen LogP contribution in [0.5, 0.6) is 0 Å². The molecule has 1 fully saturated rings. The number of rotatable bonds is 8. The first-order valence-corrected chi connectivity index (χ1v) is 13.1. The van der Waals surface area contributed by atoms with Crippen LogP contribution >= 0.6 is 0 Å². The van der Waals surface area contributed by atoms with Gasteiger partial charge in [0.1, 0.15) is 12.2 Å². The summed E-state index contributed by atoms with van der Waals surface area (Å²) in [4.78, 5) is 36.3. The van der Waals surface area contributed by atoms with E-state index in [-0.39, 0.29) is 31.3 Å². The third kappa shape index (κ3) is 7.04. The van der Waals surface area contributed by atoms with Gasteiger partial charge in [-0.15, -0.1) is 0 Å². The normalized spacial score (nSPS) is 19.6. The molecule has 4 rings (SSSR count). The Morgan fingerprint density at radius 1 is 0.921 bits per heavy atom. The van der Waals surface area contributed by atoms with Crippen molar-refractivity contribution in [1.82, 2.24) is 10.6 Å². The highest BCUT2D eigenvalue weighted by Crippen LogP contribution is 2.44. The summed E-state index contributed by atoms with van der Waals surface area (Å²) < 4.78 is 16.6. The van der Waals surface area contributed by atoms with Crippen LogP contribution in [0.15, 0.2) is 48.5 Å². The number of alkyl carbamates (subject to hydrolysis) is 2. The first-order valence-electron chi connectivity index (χ1n) is 13.1. The lowest BCUT2D eigenvalue weighted by atomic mass is 9.93. The zero-order chi connectivity index (χ0) is 27.3. The van der Waals surface area contributed by atoms with Crippen LogP contribution in [0.2, 0.25) is 0 Å². The average molecular weight is 525 g/mol. The second-order valence-corrected chi connectivity index (χ2v) is 10.8. The van der Waals surface area contributed by atoms with Crippen molar-refractivity contribution in [3.63, 3.8) is 0 Å². The molecule has 1 saturated carbocycles. The van der Waals surface area contributed by atoms with Crippen LogP contribution in [0.1, 0.15) is 63.5 Å². The molecule has 1 atom stereocenters. The van der Waals surface area contributed by atoms with Gasteiger partial charge in [0.2, 0.25) is 0 Å². The number of hydrogen-bond donors (Lipinski definition) is 3. The van der Waals surface area contributed by atoms with Crippen molar-refractivity contribution in [2.45, 2.75) is 76.2 Å². The van der Waals surface area contributed by atoms with Crippen molar-refractivity contribution in [2.75, 3.05) is 13.2 Å². The molecule has 0 saturated heterocycles. The van der Waals surface area contributed by atoms with Gasteiger partial charge in [0.15, 0.2) is 6.04 Å². The van der Waals surface area contributed by atoms with Gasteiger partial charge in [0.25, 0.3) is 0 Å². The van der Waals surface area contributed by atoms with Crippen LogP contribution in [0.3, 0.4) is 0 Å². The number of carboxylic acid groups (broad SMARTS) is 1. The van der Waals surface area contributed by atoms with Crippen LogP contribution in [0, 0.1) is 0 Å². The van der Waals surface area contributed by atoms with Crippen LogP contribution in [-0.4, -0.2) is 60.3 Å². The summed E-state index contributed by atoms with van der Waals surface area (Å²) in [6.07, 6.45) is 1.32. The number of ether oxygens (including phenoxy) is 3. The summed E-state index contributed by atoms with van der Waals surface area (Å²) in [7, 11) is 0. The molecule has 38 heavy (non-hydrogen) atoms. The highest BCUT2D eigenvalue weighted by Gasteiger charge is 2.31. The molecule has 2 aliphatic rings. The molecule has 204 valence electrons. The molecule has 0 aromatic heterocycles. The Balaban J connectivity index is 1.23. The summed E-state index contributed by atoms with van der Waals surface area (Å²) in [5.41, 5.74) is 3.83. The number of carbonyl (C=O) groups excluding carboxylic acids is 2. The van der Waals surface area contributed by atoms with Gasteiger partial charge in [-0.2, -0.15) is 0 Å². The number of aliphatic carboxylic acids is 1. The first kappa shape index (κ1) is 27.4. The third-order valence-corrected chi connectivity index (χ3v) is 6.83. The maximum atomic E-state index is 12.5. The molecule has 0 heterocycles. The number of hydrogen-bond acceptors (Lipinski definition) is 6. The maximum Gasteiger partial charge on any atom is 0.407 e. The lowest BCUT2D eigenvalue weighted by molar-refractivity contribution is -0.141. The molecule has 2 aliphatic carbocycles. The average Bonchev–Trinajstić information content (AvgIpc) is 3.18. The van der Waals surface area contributed by atoms with Gasteiger partial charge in [-0.05, 0) is 68.7 Å². The molecule has 0 unspecified atom stereocenters. The molecular weight excluding hydrogens is 488 g/mol. The molecule has 3 N–H and O–H groups in total. The largest absolute Gasteiger partial charge is 0.480 e. The molecule has 2 amide bonds. The van der Waals surface area contributed by atoms with Crippen molar-refractivity contribution in [3.05, 3.63) is 59.7 Å². The zero-order valence-electron chi connectivity index (χ0n) is 22.1. The Morgan fingerprint density at radius 2 is 1.50 bits per heavy atom. The smallest absolute Gasteiger partial charge is 0.407 e. The van der Waals surface area contributed by atoms with Gasteiger partial charge in [0, 0.05) is 12.0 Å². The summed E-state index contributed by atoms with van der Waals surface area (Å²) >= 11 is 0. The van der Waals surface area contributed by atoms with E-state index in [1.165, 1.54) is 0 Å². The highest BCUT2D eigenvalue weighted by molar-refractivity contribution is 5.81. The minimum absolute atomic E-state index is 0.0149. The molecular formula is C29H36N2O7. The number of benzene rings is 2. The molecule has 0 radical (unpaired) electrons. The summed E-state index contributed by atoms with van der Waals surface area (Å²) in [6, 6.07) is 14.8. The number of fused-ring (bicyclic) bond motifs is 3. The molecule has 2 aromatic carbocycles. The Bertz CT molecular complexity index is 1110. The monoisotopic (exact) mass is 524 g/mol. The Morgan fingerprint density at radius 3 is 2.05 bits per heavy atom. The van der Waals surface area contributed by atoms with E-state index in [1.54, 1.807) is 0 Å². The SMILES string of the molecule is CC(C)(C)OC(=O)NC1CCC(OC[C@H](NC(=O)OCC2c3ccccc3-c3ccccc32)C(=O)O)CC1. The number of amides is 2. The van der Waals surface area contributed by atoms with Gasteiger partial charge in [0.05, 0.1) is 12.7 Å². The van der Waals surface area contributed by atoms with Crippen LogP contribution in [-0.2, 0) is 19.0 Å². The Hall–Kier alpha value is -3.59. The minimum atomic E-state index is -1.23. The molecule has 0 aliphatic heterocycles. The second kappa shape index (κ2) is 11.9. The van der Waals surface area contributed by atoms with Gasteiger partial charge in [-0.3, -0.25) is 0 Å². The standard InChI is InChI=1S/C29H36N2O7/c1-29(2,3)38-28(35)30-18-12-14-19(15-13-18)36-17-25(26(32)33)31-27(34)37-16-24-22-10-6-4-8-20(22)21-9-5-7-11-23(21)24/h4-11,18-19,24-25H,12-17H2,1-3H3,(H,30,35)(H,31,34)(H,32,33)/t18?,19?,25-/m0/s1. The lowest BCUT2D eigenvalue weighted by Crippen LogP contribution is -2.46. The predicted molar refractivity (Wildman–Crippen MR) is 141 cm³/mol. The van der Waals surface area contributed by atoms with Crippen LogP contribution in [0.25, 0.3) is 11.1 Å². The van der Waals surface area contributed by atoms with Crippen molar-refractivity contribution in [3.8, 4) is 11.1 Å². The van der Waals surface area contributed by atoms with E-state index in [0.717, 1.165) is 22.3 Å². The van der Waals surface area contributed by atoms with Gasteiger partial charge in [-0.1, -0.05) is 48.5 Å². The third-order valence-electron chi connectivity index (χ3n) is 6.83. The molecule has 2 aromatic rings. The van der Waals surface area contributed by atoms with E-state index in [4.69, 9.17) is 14.2 Å². The number of carboxylic acids is 1. The van der Waals surface area contributed by atoms with E-state index >= 15 is 0 Å². The molecule has 9 nitrogen and oxygen atoms in total. The van der Waals surface area contributed by atoms with E-state index in [0.29, 0.717) is 25.7 Å². The van der Waals surface area contributed by atoms with E-state index in [1.807, 2.05) is 69.3 Å². The molecule has 9 heteroatoms. The number of nitrogens with one attached hydrogen (secondary N) is 2. The summed E-state index contributed by atoms with van der Waals surface area (Å²) in [5.74, 6) is -1.31. The fourth-order valence-electron chi connectivity index (χ4n) is 5.04. The van der Waals surface area contributed by atoms with E-state index in [2.05, 4.69) is 10.6 Å². The van der Waals surface area contributed by atoms with Crippen molar-refractivity contribution in [1.29, 1.82) is 0 Å². The van der Waals surface area contributed by atoms with E-state index in [9.17, 15) is 19.5 Å². The van der Waals surface area contributed by atoms with Crippen molar-refractivity contribution < 1.29 is 33.7 Å². The summed E-state index contributed by atoms with van der Waals surface area (Å²) in [6.45, 7) is 5.36.